The van der Waals surface area contributed by atoms with Crippen molar-refractivity contribution in [3.63, 3.8) is 0 Å². The van der Waals surface area contributed by atoms with E-state index in [1.165, 1.54) is 12.1 Å². The number of anilines is 2. The number of benzene rings is 3. The van der Waals surface area contributed by atoms with Crippen LogP contribution in [0.1, 0.15) is 27.9 Å². The van der Waals surface area contributed by atoms with Crippen LogP contribution in [0.5, 0.6) is 0 Å². The normalized spacial score (nSPS) is 11.1. The third kappa shape index (κ3) is 6.93. The molecule has 0 fully saturated rings. The lowest BCUT2D eigenvalue weighted by atomic mass is 10.1. The van der Waals surface area contributed by atoms with Gasteiger partial charge in [0.05, 0.1) is 21.8 Å². The van der Waals surface area contributed by atoms with Crippen molar-refractivity contribution in [2.75, 3.05) is 36.4 Å². The number of hydrogen-bond donors (Lipinski definition) is 2. The van der Waals surface area contributed by atoms with Gasteiger partial charge < -0.3 is 15.4 Å². The van der Waals surface area contributed by atoms with Gasteiger partial charge in [-0.25, -0.2) is 8.42 Å². The lowest BCUT2D eigenvalue weighted by molar-refractivity contribution is -0.114. The van der Waals surface area contributed by atoms with Crippen LogP contribution >= 0.6 is 0 Å². The fourth-order valence-electron chi connectivity index (χ4n) is 3.56. The number of para-hydroxylation sites is 1. The van der Waals surface area contributed by atoms with Gasteiger partial charge in [-0.05, 0) is 62.2 Å². The predicted octanol–water partition coefficient (Wildman–Crippen LogP) is 3.90. The van der Waals surface area contributed by atoms with Crippen LogP contribution in [0.25, 0.3) is 0 Å². The summed E-state index contributed by atoms with van der Waals surface area (Å²) in [7, 11) is -2.45. The number of methoxy groups -OCH3 is 1. The zero-order valence-electron chi connectivity index (χ0n) is 20.7. The van der Waals surface area contributed by atoms with Gasteiger partial charge in [0.2, 0.25) is 5.91 Å². The minimum Gasteiger partial charge on any atom is -0.385 e. The number of sulfonamides is 1. The molecule has 3 aromatic carbocycles. The van der Waals surface area contributed by atoms with Crippen LogP contribution in [-0.4, -0.2) is 47.0 Å². The summed E-state index contributed by atoms with van der Waals surface area (Å²) < 4.78 is 33.2. The Labute approximate surface area is 212 Å². The molecule has 2 amide bonds. The van der Waals surface area contributed by atoms with Crippen molar-refractivity contribution < 1.29 is 22.7 Å². The van der Waals surface area contributed by atoms with E-state index < -0.39 is 22.5 Å². The van der Waals surface area contributed by atoms with Crippen LogP contribution in [0.3, 0.4) is 0 Å². The molecule has 0 aliphatic carbocycles. The van der Waals surface area contributed by atoms with E-state index >= 15 is 0 Å². The standard InChI is InChI=1S/C27H31N3O5S/c1-20-12-14-23(15-13-20)36(33,34)30(22-9-6-8-21(2)18-22)19-26(31)29-25-11-5-4-10-24(25)27(32)28-16-7-17-35-3/h4-6,8-15,18H,7,16-17,19H2,1-3H3,(H,28,32)(H,29,31). The number of rotatable bonds is 11. The molecule has 0 aliphatic heterocycles. The summed E-state index contributed by atoms with van der Waals surface area (Å²) in [6, 6.07) is 20.0. The van der Waals surface area contributed by atoms with Crippen LogP contribution in [-0.2, 0) is 19.6 Å². The molecule has 0 saturated heterocycles. The maximum atomic E-state index is 13.6. The minimum atomic E-state index is -4.04. The smallest absolute Gasteiger partial charge is 0.264 e. The van der Waals surface area contributed by atoms with Crippen molar-refractivity contribution in [3.8, 4) is 0 Å². The van der Waals surface area contributed by atoms with Crippen LogP contribution in [0.4, 0.5) is 11.4 Å². The van der Waals surface area contributed by atoms with Gasteiger partial charge in [-0.3, -0.25) is 13.9 Å². The fourth-order valence-corrected chi connectivity index (χ4v) is 4.97. The summed E-state index contributed by atoms with van der Waals surface area (Å²) >= 11 is 0. The van der Waals surface area contributed by atoms with Gasteiger partial charge >= 0.3 is 0 Å². The Morgan fingerprint density at radius 2 is 1.64 bits per heavy atom. The first-order chi connectivity index (χ1) is 17.2. The van der Waals surface area contributed by atoms with Gasteiger partial charge in [0.15, 0.2) is 0 Å². The van der Waals surface area contributed by atoms with E-state index in [2.05, 4.69) is 10.6 Å². The van der Waals surface area contributed by atoms with Crippen LogP contribution in [0, 0.1) is 13.8 Å². The van der Waals surface area contributed by atoms with E-state index in [4.69, 9.17) is 4.74 Å². The van der Waals surface area contributed by atoms with E-state index in [0.717, 1.165) is 15.4 Å². The number of carbonyl (C=O) groups is 2. The van der Waals surface area contributed by atoms with Crippen LogP contribution in [0.2, 0.25) is 0 Å². The van der Waals surface area contributed by atoms with Crippen LogP contribution < -0.4 is 14.9 Å². The highest BCUT2D eigenvalue weighted by Crippen LogP contribution is 2.25. The molecule has 0 aromatic heterocycles. The largest absolute Gasteiger partial charge is 0.385 e. The molecular formula is C27H31N3O5S. The van der Waals surface area contributed by atoms with E-state index in [1.54, 1.807) is 61.7 Å². The zero-order chi connectivity index (χ0) is 26.1. The third-order valence-corrected chi connectivity index (χ3v) is 7.23. The van der Waals surface area contributed by atoms with E-state index in [-0.39, 0.29) is 16.4 Å². The topological polar surface area (TPSA) is 105 Å². The predicted molar refractivity (Wildman–Crippen MR) is 141 cm³/mol. The average Bonchev–Trinajstić information content (AvgIpc) is 2.85. The van der Waals surface area contributed by atoms with Gasteiger partial charge in [-0.15, -0.1) is 0 Å². The maximum absolute atomic E-state index is 13.6. The van der Waals surface area contributed by atoms with Gasteiger partial charge in [-0.1, -0.05) is 42.0 Å². The quantitative estimate of drug-likeness (QED) is 0.382. The number of ether oxygens (including phenoxy) is 1. The van der Waals surface area contributed by atoms with Crippen molar-refractivity contribution in [2.24, 2.45) is 0 Å². The molecule has 9 heteroatoms. The molecule has 0 aliphatic rings. The molecule has 0 heterocycles. The molecular weight excluding hydrogens is 478 g/mol. The Hall–Kier alpha value is -3.69. The molecule has 3 aromatic rings. The number of hydrogen-bond acceptors (Lipinski definition) is 5. The minimum absolute atomic E-state index is 0.0817. The molecule has 0 atom stereocenters. The van der Waals surface area contributed by atoms with Crippen molar-refractivity contribution >= 4 is 33.2 Å². The highest BCUT2D eigenvalue weighted by Gasteiger charge is 2.27. The second-order valence-electron chi connectivity index (χ2n) is 8.36. The molecule has 3 rings (SSSR count). The molecule has 36 heavy (non-hydrogen) atoms. The number of nitrogens with one attached hydrogen (secondary N) is 2. The molecule has 0 spiro atoms. The molecule has 190 valence electrons. The first-order valence-corrected chi connectivity index (χ1v) is 13.0. The molecule has 0 unspecified atom stereocenters. The average molecular weight is 510 g/mol. The zero-order valence-corrected chi connectivity index (χ0v) is 21.5. The first-order valence-electron chi connectivity index (χ1n) is 11.5. The highest BCUT2D eigenvalue weighted by atomic mass is 32.2. The van der Waals surface area contributed by atoms with E-state index in [1.807, 2.05) is 19.9 Å². The van der Waals surface area contributed by atoms with Crippen LogP contribution in [0.15, 0.2) is 77.7 Å². The van der Waals surface area contributed by atoms with Gasteiger partial charge in [0.1, 0.15) is 6.54 Å². The lowest BCUT2D eigenvalue weighted by Gasteiger charge is -2.24. The Bertz CT molecular complexity index is 1310. The molecule has 0 saturated carbocycles. The van der Waals surface area contributed by atoms with Crippen molar-refractivity contribution in [1.82, 2.24) is 5.32 Å². The monoisotopic (exact) mass is 509 g/mol. The number of amides is 2. The Morgan fingerprint density at radius 3 is 2.33 bits per heavy atom. The second-order valence-corrected chi connectivity index (χ2v) is 10.2. The molecule has 0 bridgehead atoms. The third-order valence-electron chi connectivity index (χ3n) is 5.44. The van der Waals surface area contributed by atoms with E-state index in [0.29, 0.717) is 30.9 Å². The van der Waals surface area contributed by atoms with Gasteiger partial charge in [0, 0.05) is 20.3 Å². The van der Waals surface area contributed by atoms with Gasteiger partial charge in [0.25, 0.3) is 15.9 Å². The number of carbonyl (C=O) groups excluding carboxylic acids is 2. The number of aryl methyl sites for hydroxylation is 2. The lowest BCUT2D eigenvalue weighted by Crippen LogP contribution is -2.38. The molecule has 0 radical (unpaired) electrons. The molecule has 8 nitrogen and oxygen atoms in total. The van der Waals surface area contributed by atoms with Crippen molar-refractivity contribution in [2.45, 2.75) is 25.2 Å². The Morgan fingerprint density at radius 1 is 0.917 bits per heavy atom. The summed E-state index contributed by atoms with van der Waals surface area (Å²) in [5.41, 5.74) is 2.73. The first kappa shape index (κ1) is 26.9. The van der Waals surface area contributed by atoms with Gasteiger partial charge in [-0.2, -0.15) is 0 Å². The second kappa shape index (κ2) is 12.3. The maximum Gasteiger partial charge on any atom is 0.264 e. The Kier molecular flexibility index (Phi) is 9.21. The highest BCUT2D eigenvalue weighted by molar-refractivity contribution is 7.92. The molecule has 2 N–H and O–H groups in total. The summed E-state index contributed by atoms with van der Waals surface area (Å²) in [6.45, 7) is 4.19. The summed E-state index contributed by atoms with van der Waals surface area (Å²) in [5.74, 6) is -0.920. The fraction of sp³-hybridized carbons (Fsp3) is 0.259. The Balaban J connectivity index is 1.85. The van der Waals surface area contributed by atoms with Crippen molar-refractivity contribution in [3.05, 3.63) is 89.5 Å². The number of nitrogens with zero attached hydrogens (tertiary/aromatic N) is 1. The SMILES string of the molecule is COCCCNC(=O)c1ccccc1NC(=O)CN(c1cccc(C)c1)S(=O)(=O)c1ccc(C)cc1. The van der Waals surface area contributed by atoms with E-state index in [9.17, 15) is 18.0 Å². The summed E-state index contributed by atoms with van der Waals surface area (Å²) in [4.78, 5) is 25.9. The summed E-state index contributed by atoms with van der Waals surface area (Å²) in [5, 5.41) is 5.50. The summed E-state index contributed by atoms with van der Waals surface area (Å²) in [6.07, 6.45) is 0.652. The van der Waals surface area contributed by atoms with Crippen molar-refractivity contribution in [1.29, 1.82) is 0 Å².